The minimum Gasteiger partial charge on any atom is -0.326 e. The Kier molecular flexibility index (Phi) is 4.96. The Morgan fingerprint density at radius 1 is 1.00 bits per heavy atom. The summed E-state index contributed by atoms with van der Waals surface area (Å²) in [6, 6.07) is 18.9. The number of rotatable bonds is 5. The van der Waals surface area contributed by atoms with Gasteiger partial charge in [-0.2, -0.15) is 9.78 Å². The number of hydrogen-bond donors (Lipinski definition) is 2. The Hall–Kier alpha value is -3.72. The summed E-state index contributed by atoms with van der Waals surface area (Å²) in [5.41, 5.74) is 1.94. The van der Waals surface area contributed by atoms with Gasteiger partial charge in [0.05, 0.1) is 16.1 Å². The molecule has 9 heteroatoms. The number of aryl methyl sites for hydroxylation is 1. The van der Waals surface area contributed by atoms with E-state index in [-0.39, 0.29) is 16.6 Å². The van der Waals surface area contributed by atoms with Crippen molar-refractivity contribution in [3.05, 3.63) is 72.4 Å². The van der Waals surface area contributed by atoms with Crippen molar-refractivity contribution in [1.82, 2.24) is 14.8 Å². The molecule has 0 radical (unpaired) electrons. The molecule has 8 nitrogen and oxygen atoms in total. The number of amides is 1. The van der Waals surface area contributed by atoms with E-state index in [4.69, 9.17) is 0 Å². The molecule has 0 spiro atoms. The zero-order valence-corrected chi connectivity index (χ0v) is 17.1. The molecule has 2 heterocycles. The number of sulfonamides is 1. The maximum absolute atomic E-state index is 12.9. The summed E-state index contributed by atoms with van der Waals surface area (Å²) >= 11 is 0. The lowest BCUT2D eigenvalue weighted by atomic mass is 10.2. The van der Waals surface area contributed by atoms with Crippen LogP contribution in [0.3, 0.4) is 0 Å². The Bertz CT molecular complexity index is 1340. The second kappa shape index (κ2) is 7.60. The first-order chi connectivity index (χ1) is 14.3. The molecule has 0 saturated heterocycles. The molecule has 2 aromatic carbocycles. The lowest BCUT2D eigenvalue weighted by Gasteiger charge is -2.11. The van der Waals surface area contributed by atoms with Gasteiger partial charge in [-0.05, 0) is 49.4 Å². The fourth-order valence-electron chi connectivity index (χ4n) is 3.04. The van der Waals surface area contributed by atoms with Crippen molar-refractivity contribution in [2.45, 2.75) is 18.7 Å². The summed E-state index contributed by atoms with van der Waals surface area (Å²) < 4.78 is 29.8. The molecule has 2 N–H and O–H groups in total. The van der Waals surface area contributed by atoms with Crippen molar-refractivity contribution in [3.63, 3.8) is 0 Å². The van der Waals surface area contributed by atoms with Gasteiger partial charge in [-0.3, -0.25) is 9.52 Å². The van der Waals surface area contributed by atoms with Crippen LogP contribution in [0.4, 0.5) is 11.5 Å². The fraction of sp³-hybridized carbons (Fsp3) is 0.0952. The quantitative estimate of drug-likeness (QED) is 0.513. The number of pyridine rings is 1. The SMILES string of the molecule is CC(=O)Nc1ccc(S(=O)(=O)Nc2cc(C)nn2-c2ccc3ccccc3n2)cc1. The molecule has 0 atom stereocenters. The minimum atomic E-state index is -3.87. The van der Waals surface area contributed by atoms with Crippen LogP contribution < -0.4 is 10.0 Å². The van der Waals surface area contributed by atoms with E-state index in [1.54, 1.807) is 19.1 Å². The van der Waals surface area contributed by atoms with Crippen molar-refractivity contribution in [2.75, 3.05) is 10.0 Å². The van der Waals surface area contributed by atoms with Gasteiger partial charge >= 0.3 is 0 Å². The van der Waals surface area contributed by atoms with Crippen LogP contribution in [0.25, 0.3) is 16.7 Å². The molecule has 0 fully saturated rings. The average Bonchev–Trinajstić information content (AvgIpc) is 3.07. The molecule has 1 amide bonds. The summed E-state index contributed by atoms with van der Waals surface area (Å²) in [5.74, 6) is 0.549. The van der Waals surface area contributed by atoms with Crippen LogP contribution in [0, 0.1) is 6.92 Å². The van der Waals surface area contributed by atoms with E-state index < -0.39 is 10.0 Å². The van der Waals surface area contributed by atoms with Crippen LogP contribution in [0.1, 0.15) is 12.6 Å². The monoisotopic (exact) mass is 421 g/mol. The third-order valence-electron chi connectivity index (χ3n) is 4.36. The van der Waals surface area contributed by atoms with E-state index in [2.05, 4.69) is 20.1 Å². The number of benzene rings is 2. The molecule has 0 saturated carbocycles. The summed E-state index contributed by atoms with van der Waals surface area (Å²) in [6.45, 7) is 3.16. The number of anilines is 2. The molecule has 0 bridgehead atoms. The third-order valence-corrected chi connectivity index (χ3v) is 5.73. The van der Waals surface area contributed by atoms with Crippen LogP contribution in [-0.2, 0) is 14.8 Å². The van der Waals surface area contributed by atoms with Gasteiger partial charge in [0.1, 0.15) is 5.82 Å². The number of aromatic nitrogens is 3. The van der Waals surface area contributed by atoms with Gasteiger partial charge in [0.2, 0.25) is 5.91 Å². The third kappa shape index (κ3) is 4.01. The molecule has 2 aromatic heterocycles. The Balaban J connectivity index is 1.67. The molecule has 4 aromatic rings. The summed E-state index contributed by atoms with van der Waals surface area (Å²) in [6.07, 6.45) is 0. The molecule has 152 valence electrons. The first-order valence-electron chi connectivity index (χ1n) is 9.15. The number of fused-ring (bicyclic) bond motifs is 1. The van der Waals surface area contributed by atoms with E-state index >= 15 is 0 Å². The Labute approximate surface area is 173 Å². The van der Waals surface area contributed by atoms with Gasteiger partial charge in [0.15, 0.2) is 5.82 Å². The average molecular weight is 421 g/mol. The second-order valence-electron chi connectivity index (χ2n) is 6.76. The van der Waals surface area contributed by atoms with Gasteiger partial charge < -0.3 is 5.32 Å². The van der Waals surface area contributed by atoms with Crippen molar-refractivity contribution in [2.24, 2.45) is 0 Å². The highest BCUT2D eigenvalue weighted by Gasteiger charge is 2.19. The molecular formula is C21H19N5O3S. The highest BCUT2D eigenvalue weighted by molar-refractivity contribution is 7.92. The van der Waals surface area contributed by atoms with Crippen LogP contribution in [-0.4, -0.2) is 29.1 Å². The zero-order valence-electron chi connectivity index (χ0n) is 16.3. The van der Waals surface area contributed by atoms with E-state index in [0.29, 0.717) is 17.2 Å². The molecule has 0 aliphatic rings. The van der Waals surface area contributed by atoms with Crippen LogP contribution in [0.2, 0.25) is 0 Å². The molecule has 0 unspecified atom stereocenters. The fourth-order valence-corrected chi connectivity index (χ4v) is 4.07. The minimum absolute atomic E-state index is 0.0634. The van der Waals surface area contributed by atoms with Crippen molar-refractivity contribution in [3.8, 4) is 5.82 Å². The maximum atomic E-state index is 12.9. The molecular weight excluding hydrogens is 402 g/mol. The lowest BCUT2D eigenvalue weighted by Crippen LogP contribution is -2.16. The summed E-state index contributed by atoms with van der Waals surface area (Å²) in [4.78, 5) is 15.8. The first kappa shape index (κ1) is 19.6. The summed E-state index contributed by atoms with van der Waals surface area (Å²) in [5, 5.41) is 7.98. The highest BCUT2D eigenvalue weighted by atomic mass is 32.2. The van der Waals surface area contributed by atoms with Crippen LogP contribution in [0.5, 0.6) is 0 Å². The van der Waals surface area contributed by atoms with Gasteiger partial charge in [-0.1, -0.05) is 18.2 Å². The van der Waals surface area contributed by atoms with Gasteiger partial charge in [0, 0.05) is 24.1 Å². The van der Waals surface area contributed by atoms with E-state index in [1.807, 2.05) is 30.3 Å². The van der Waals surface area contributed by atoms with Gasteiger partial charge in [-0.25, -0.2) is 13.4 Å². The van der Waals surface area contributed by atoms with E-state index in [0.717, 1.165) is 10.9 Å². The zero-order chi connectivity index (χ0) is 21.3. The van der Waals surface area contributed by atoms with E-state index in [9.17, 15) is 13.2 Å². The highest BCUT2D eigenvalue weighted by Crippen LogP contribution is 2.22. The van der Waals surface area contributed by atoms with Crippen molar-refractivity contribution >= 4 is 38.3 Å². The molecule has 0 aliphatic heterocycles. The standard InChI is InChI=1S/C21H19N5O3S/c1-14-13-21(25-30(28,29)18-10-8-17(9-11-18)22-15(2)27)26(24-14)20-12-7-16-5-3-4-6-19(16)23-20/h3-13,25H,1-2H3,(H,22,27). The van der Waals surface area contributed by atoms with Gasteiger partial charge in [0.25, 0.3) is 10.0 Å². The number of nitrogens with zero attached hydrogens (tertiary/aromatic N) is 3. The summed E-state index contributed by atoms with van der Waals surface area (Å²) in [7, 11) is -3.87. The van der Waals surface area contributed by atoms with Crippen molar-refractivity contribution < 1.29 is 13.2 Å². The van der Waals surface area contributed by atoms with E-state index in [1.165, 1.54) is 35.9 Å². The topological polar surface area (TPSA) is 106 Å². The number of nitrogens with one attached hydrogen (secondary N) is 2. The van der Waals surface area contributed by atoms with Gasteiger partial charge in [-0.15, -0.1) is 0 Å². The van der Waals surface area contributed by atoms with Crippen LogP contribution in [0.15, 0.2) is 71.6 Å². The molecule has 4 rings (SSSR count). The smallest absolute Gasteiger partial charge is 0.263 e. The van der Waals surface area contributed by atoms with Crippen molar-refractivity contribution in [1.29, 1.82) is 0 Å². The number of carbonyl (C=O) groups is 1. The Morgan fingerprint density at radius 2 is 1.73 bits per heavy atom. The maximum Gasteiger partial charge on any atom is 0.263 e. The number of carbonyl (C=O) groups excluding carboxylic acids is 1. The first-order valence-corrected chi connectivity index (χ1v) is 10.6. The number of hydrogen-bond acceptors (Lipinski definition) is 5. The predicted octanol–water partition coefficient (Wildman–Crippen LogP) is 3.49. The van der Waals surface area contributed by atoms with Crippen LogP contribution >= 0.6 is 0 Å². The number of para-hydroxylation sites is 1. The normalized spacial score (nSPS) is 11.4. The molecule has 0 aliphatic carbocycles. The predicted molar refractivity (Wildman–Crippen MR) is 115 cm³/mol. The largest absolute Gasteiger partial charge is 0.326 e. The lowest BCUT2D eigenvalue weighted by molar-refractivity contribution is -0.114. The second-order valence-corrected chi connectivity index (χ2v) is 8.44. The molecule has 30 heavy (non-hydrogen) atoms. The Morgan fingerprint density at radius 3 is 2.47 bits per heavy atom.